The van der Waals surface area contributed by atoms with Crippen LogP contribution in [0.5, 0.6) is 11.5 Å². The van der Waals surface area contributed by atoms with Crippen LogP contribution >= 0.6 is 0 Å². The molecule has 11 nitrogen and oxygen atoms in total. The van der Waals surface area contributed by atoms with Crippen molar-refractivity contribution in [2.75, 3.05) is 17.5 Å². The molecule has 4 aromatic carbocycles. The SMILES string of the molecule is CCOc1cc(/C=N\NC(=O)CN(c2cccc([N+](=O)[O-])c2)S(=O)(=O)c2ccccc2)ccc1OCc1ccccc1. The van der Waals surface area contributed by atoms with Gasteiger partial charge in [-0.05, 0) is 54.4 Å². The molecule has 0 atom stereocenters. The van der Waals surface area contributed by atoms with E-state index in [4.69, 9.17) is 9.47 Å². The third-order valence-electron chi connectivity index (χ3n) is 5.85. The number of benzene rings is 4. The number of nitrogens with zero attached hydrogens (tertiary/aromatic N) is 3. The van der Waals surface area contributed by atoms with Gasteiger partial charge in [-0.25, -0.2) is 13.8 Å². The van der Waals surface area contributed by atoms with Crippen molar-refractivity contribution in [2.45, 2.75) is 18.4 Å². The van der Waals surface area contributed by atoms with E-state index in [2.05, 4.69) is 10.5 Å². The van der Waals surface area contributed by atoms with Gasteiger partial charge in [-0.2, -0.15) is 5.10 Å². The first kappa shape index (κ1) is 29.7. The van der Waals surface area contributed by atoms with Crippen LogP contribution in [0.2, 0.25) is 0 Å². The average Bonchev–Trinajstić information content (AvgIpc) is 3.00. The molecule has 0 saturated carbocycles. The van der Waals surface area contributed by atoms with Crippen LogP contribution in [-0.4, -0.2) is 38.6 Å². The van der Waals surface area contributed by atoms with Crippen molar-refractivity contribution in [3.8, 4) is 11.5 Å². The highest BCUT2D eigenvalue weighted by atomic mass is 32.2. The number of carbonyl (C=O) groups excluding carboxylic acids is 1. The monoisotopic (exact) mass is 588 g/mol. The van der Waals surface area contributed by atoms with E-state index in [1.165, 1.54) is 48.7 Å². The number of nitrogens with one attached hydrogen (secondary N) is 1. The van der Waals surface area contributed by atoms with E-state index in [9.17, 15) is 23.3 Å². The van der Waals surface area contributed by atoms with Crippen molar-refractivity contribution in [3.05, 3.63) is 124 Å². The van der Waals surface area contributed by atoms with Gasteiger partial charge in [-0.15, -0.1) is 0 Å². The molecule has 0 spiro atoms. The second-order valence-electron chi connectivity index (χ2n) is 8.81. The number of nitro groups is 1. The van der Waals surface area contributed by atoms with Crippen molar-refractivity contribution in [3.63, 3.8) is 0 Å². The molecule has 4 rings (SSSR count). The number of non-ortho nitro benzene ring substituents is 1. The number of amides is 1. The van der Waals surface area contributed by atoms with Gasteiger partial charge in [0.15, 0.2) is 11.5 Å². The van der Waals surface area contributed by atoms with Crippen molar-refractivity contribution in [1.82, 2.24) is 5.43 Å². The molecule has 0 fully saturated rings. The summed E-state index contributed by atoms with van der Waals surface area (Å²) >= 11 is 0. The van der Waals surface area contributed by atoms with Crippen LogP contribution in [0.25, 0.3) is 0 Å². The van der Waals surface area contributed by atoms with Gasteiger partial charge in [0, 0.05) is 12.1 Å². The zero-order chi connectivity index (χ0) is 30.0. The van der Waals surface area contributed by atoms with Gasteiger partial charge < -0.3 is 9.47 Å². The Bertz CT molecular complexity index is 1660. The van der Waals surface area contributed by atoms with Gasteiger partial charge in [-0.1, -0.05) is 54.6 Å². The maximum Gasteiger partial charge on any atom is 0.271 e. The molecule has 0 aliphatic rings. The van der Waals surface area contributed by atoms with Crippen LogP contribution in [0.15, 0.2) is 113 Å². The molecule has 1 amide bonds. The highest BCUT2D eigenvalue weighted by molar-refractivity contribution is 7.92. The molecule has 1 N–H and O–H groups in total. The fourth-order valence-electron chi connectivity index (χ4n) is 3.87. The summed E-state index contributed by atoms with van der Waals surface area (Å²) in [5, 5.41) is 15.3. The lowest BCUT2D eigenvalue weighted by Gasteiger charge is -2.23. The van der Waals surface area contributed by atoms with E-state index in [0.717, 1.165) is 15.9 Å². The summed E-state index contributed by atoms with van der Waals surface area (Å²) in [5.74, 6) is 0.278. The first-order chi connectivity index (χ1) is 20.3. The lowest BCUT2D eigenvalue weighted by atomic mass is 10.2. The third-order valence-corrected chi connectivity index (χ3v) is 7.64. The van der Waals surface area contributed by atoms with Gasteiger partial charge >= 0.3 is 0 Å². The molecule has 0 aromatic heterocycles. The van der Waals surface area contributed by atoms with Crippen LogP contribution in [0.1, 0.15) is 18.1 Å². The largest absolute Gasteiger partial charge is 0.490 e. The second kappa shape index (κ2) is 13.9. The normalized spacial score (nSPS) is 11.2. The molecular formula is C30H28N4O7S. The van der Waals surface area contributed by atoms with Gasteiger partial charge in [0.25, 0.3) is 21.6 Å². The third kappa shape index (κ3) is 7.70. The fraction of sp³-hybridized carbons (Fsp3) is 0.133. The Morgan fingerprint density at radius 1 is 0.929 bits per heavy atom. The van der Waals surface area contributed by atoms with Crippen molar-refractivity contribution in [2.24, 2.45) is 5.10 Å². The number of sulfonamides is 1. The molecule has 0 aliphatic heterocycles. The first-order valence-corrected chi connectivity index (χ1v) is 14.3. The Labute approximate surface area is 243 Å². The number of rotatable bonds is 13. The standard InChI is InChI=1S/C30H28N4O7S/c1-2-40-29-18-24(16-17-28(29)41-22-23-10-5-3-6-11-23)20-31-32-30(35)21-33(25-12-9-13-26(19-25)34(36)37)42(38,39)27-14-7-4-8-15-27/h3-20H,2,21-22H2,1H3,(H,32,35)/b31-20-. The molecule has 0 radical (unpaired) electrons. The van der Waals surface area contributed by atoms with Crippen LogP contribution in [0.4, 0.5) is 11.4 Å². The van der Waals surface area contributed by atoms with E-state index < -0.39 is 27.4 Å². The molecule has 0 unspecified atom stereocenters. The quantitative estimate of drug-likeness (QED) is 0.133. The molecular weight excluding hydrogens is 560 g/mol. The van der Waals surface area contributed by atoms with Crippen LogP contribution in [0, 0.1) is 10.1 Å². The van der Waals surface area contributed by atoms with Gasteiger partial charge in [0.2, 0.25) is 0 Å². The first-order valence-electron chi connectivity index (χ1n) is 12.9. The summed E-state index contributed by atoms with van der Waals surface area (Å²) in [6.45, 7) is 1.94. The molecule has 12 heteroatoms. The summed E-state index contributed by atoms with van der Waals surface area (Å²) in [7, 11) is -4.24. The highest BCUT2D eigenvalue weighted by Gasteiger charge is 2.28. The number of carbonyl (C=O) groups is 1. The Balaban J connectivity index is 1.49. The zero-order valence-electron chi connectivity index (χ0n) is 22.6. The topological polar surface area (TPSA) is 140 Å². The van der Waals surface area contributed by atoms with Crippen molar-refractivity contribution >= 4 is 33.5 Å². The summed E-state index contributed by atoms with van der Waals surface area (Å²) in [4.78, 5) is 23.4. The smallest absolute Gasteiger partial charge is 0.271 e. The Morgan fingerprint density at radius 3 is 2.33 bits per heavy atom. The van der Waals surface area contributed by atoms with Crippen LogP contribution in [-0.2, 0) is 21.4 Å². The highest BCUT2D eigenvalue weighted by Crippen LogP contribution is 2.29. The van der Waals surface area contributed by atoms with Gasteiger partial charge in [0.1, 0.15) is 13.2 Å². The summed E-state index contributed by atoms with van der Waals surface area (Å²) in [6, 6.07) is 27.4. The number of hydrazone groups is 1. The number of hydrogen-bond donors (Lipinski definition) is 1. The lowest BCUT2D eigenvalue weighted by Crippen LogP contribution is -2.39. The average molecular weight is 589 g/mol. The molecule has 216 valence electrons. The number of hydrogen-bond acceptors (Lipinski definition) is 8. The van der Waals surface area contributed by atoms with Gasteiger partial charge in [-0.3, -0.25) is 19.2 Å². The molecule has 0 saturated heterocycles. The number of nitro benzene ring substituents is 1. The molecule has 42 heavy (non-hydrogen) atoms. The summed E-state index contributed by atoms with van der Waals surface area (Å²) in [6.07, 6.45) is 1.38. The molecule has 0 heterocycles. The fourth-order valence-corrected chi connectivity index (χ4v) is 5.30. The second-order valence-corrected chi connectivity index (χ2v) is 10.7. The maximum absolute atomic E-state index is 13.4. The molecule has 0 bridgehead atoms. The van der Waals surface area contributed by atoms with Crippen molar-refractivity contribution in [1.29, 1.82) is 0 Å². The van der Waals surface area contributed by atoms with E-state index in [-0.39, 0.29) is 16.3 Å². The summed E-state index contributed by atoms with van der Waals surface area (Å²) < 4.78 is 39.3. The number of anilines is 1. The zero-order valence-corrected chi connectivity index (χ0v) is 23.4. The maximum atomic E-state index is 13.4. The van der Waals surface area contributed by atoms with E-state index in [1.807, 2.05) is 37.3 Å². The Kier molecular flexibility index (Phi) is 9.85. The van der Waals surface area contributed by atoms with Crippen molar-refractivity contribution < 1.29 is 27.6 Å². The minimum absolute atomic E-state index is 0.0420. The van der Waals surface area contributed by atoms with Gasteiger partial charge in [0.05, 0.1) is 28.3 Å². The van der Waals surface area contributed by atoms with E-state index in [1.54, 1.807) is 24.3 Å². The van der Waals surface area contributed by atoms with E-state index in [0.29, 0.717) is 30.3 Å². The minimum Gasteiger partial charge on any atom is -0.490 e. The van der Waals surface area contributed by atoms with E-state index >= 15 is 0 Å². The predicted molar refractivity (Wildman–Crippen MR) is 158 cm³/mol. The predicted octanol–water partition coefficient (Wildman–Crippen LogP) is 4.92. The Morgan fingerprint density at radius 2 is 1.64 bits per heavy atom. The summed E-state index contributed by atoms with van der Waals surface area (Å²) in [5.41, 5.74) is 3.56. The van der Waals surface area contributed by atoms with Crippen LogP contribution < -0.4 is 19.2 Å². The Hall–Kier alpha value is -5.23. The molecule has 0 aliphatic carbocycles. The lowest BCUT2D eigenvalue weighted by molar-refractivity contribution is -0.384. The molecule has 4 aromatic rings. The number of ether oxygens (including phenoxy) is 2. The van der Waals surface area contributed by atoms with Crippen LogP contribution in [0.3, 0.4) is 0 Å². The minimum atomic E-state index is -4.24.